The van der Waals surface area contributed by atoms with Crippen molar-refractivity contribution in [2.45, 2.75) is 88.1 Å². The highest BCUT2D eigenvalue weighted by molar-refractivity contribution is 5.77. The van der Waals surface area contributed by atoms with Gasteiger partial charge in [0.05, 0.1) is 0 Å². The lowest BCUT2D eigenvalue weighted by Gasteiger charge is -2.34. The molecule has 3 nitrogen and oxygen atoms in total. The van der Waals surface area contributed by atoms with Crippen LogP contribution in [0.2, 0.25) is 0 Å². The zero-order valence-corrected chi connectivity index (χ0v) is 20.3. The van der Waals surface area contributed by atoms with Crippen molar-refractivity contribution in [1.82, 2.24) is 5.32 Å². The Morgan fingerprint density at radius 3 is 1.50 bits per heavy atom. The van der Waals surface area contributed by atoms with Gasteiger partial charge in [-0.05, 0) is 34.7 Å². The molecule has 0 radical (unpaired) electrons. The van der Waals surface area contributed by atoms with E-state index >= 15 is 0 Å². The van der Waals surface area contributed by atoms with E-state index in [4.69, 9.17) is 5.11 Å². The molecule has 1 aromatic rings. The number of carbonyl (C=O) groups is 1. The lowest BCUT2D eigenvalue weighted by Crippen LogP contribution is -2.47. The number of hydrogen-bond acceptors (Lipinski definition) is 2. The van der Waals surface area contributed by atoms with Gasteiger partial charge in [-0.25, -0.2) is 0 Å². The van der Waals surface area contributed by atoms with Crippen molar-refractivity contribution in [3.63, 3.8) is 0 Å². The van der Waals surface area contributed by atoms with Crippen LogP contribution in [-0.4, -0.2) is 23.7 Å². The standard InChI is InChI=1S/C10H21NO2.C9H12.C6H14/c1-7(2)9(10(3,4)5)11-8(13)6-12;1-8(2)9-6-4-3-5-7-9;1-5(2)6(3)4/h7,9,12H,6H2,1-5H3,(H,11,13);3-8H,1-2H3;5-6H,1-4H3/t9-;;/m1../s1. The van der Waals surface area contributed by atoms with Crippen molar-refractivity contribution in [2.75, 3.05) is 6.61 Å². The molecule has 3 heteroatoms. The Bertz CT molecular complexity index is 493. The second kappa shape index (κ2) is 14.6. The van der Waals surface area contributed by atoms with Crippen molar-refractivity contribution in [3.8, 4) is 0 Å². The molecule has 0 saturated carbocycles. The molecule has 0 spiro atoms. The number of hydrogen-bond donors (Lipinski definition) is 2. The molecular formula is C25H47NO2. The normalized spacial score (nSPS) is 12.3. The zero-order valence-electron chi connectivity index (χ0n) is 20.3. The number of aliphatic hydroxyl groups excluding tert-OH is 1. The van der Waals surface area contributed by atoms with Gasteiger partial charge in [-0.3, -0.25) is 4.79 Å². The number of nitrogens with one attached hydrogen (secondary N) is 1. The molecule has 0 aliphatic carbocycles. The third-order valence-electron chi connectivity index (χ3n) is 4.86. The molecule has 0 saturated heterocycles. The van der Waals surface area contributed by atoms with Gasteiger partial charge in [0.25, 0.3) is 0 Å². The van der Waals surface area contributed by atoms with Gasteiger partial charge in [-0.1, -0.05) is 106 Å². The Hall–Kier alpha value is -1.35. The first kappa shape index (κ1) is 28.9. The van der Waals surface area contributed by atoms with E-state index in [0.717, 1.165) is 11.8 Å². The van der Waals surface area contributed by atoms with Crippen LogP contribution in [-0.2, 0) is 4.79 Å². The predicted octanol–water partition coefficient (Wildman–Crippen LogP) is 6.27. The molecule has 0 aliphatic heterocycles. The van der Waals surface area contributed by atoms with Crippen LogP contribution < -0.4 is 5.32 Å². The maximum atomic E-state index is 11.0. The SMILES string of the molecule is CC(C)C(C)C.CC(C)[C@@H](NC(=O)CO)C(C)(C)C.CC(C)c1ccccc1. The Balaban J connectivity index is 0. The van der Waals surface area contributed by atoms with E-state index in [-0.39, 0.29) is 17.4 Å². The first-order valence-electron chi connectivity index (χ1n) is 10.7. The van der Waals surface area contributed by atoms with Crippen LogP contribution in [0.25, 0.3) is 0 Å². The smallest absolute Gasteiger partial charge is 0.245 e. The molecule has 0 unspecified atom stereocenters. The summed E-state index contributed by atoms with van der Waals surface area (Å²) in [5.41, 5.74) is 1.44. The molecule has 28 heavy (non-hydrogen) atoms. The number of aliphatic hydroxyl groups is 1. The summed E-state index contributed by atoms with van der Waals surface area (Å²) in [6, 6.07) is 10.6. The van der Waals surface area contributed by atoms with E-state index in [1.165, 1.54) is 5.56 Å². The first-order valence-corrected chi connectivity index (χ1v) is 10.7. The summed E-state index contributed by atoms with van der Waals surface area (Å²) in [6.07, 6.45) is 0. The van der Waals surface area contributed by atoms with Crippen molar-refractivity contribution < 1.29 is 9.90 Å². The van der Waals surface area contributed by atoms with Crippen molar-refractivity contribution in [1.29, 1.82) is 0 Å². The van der Waals surface area contributed by atoms with Gasteiger partial charge in [-0.2, -0.15) is 0 Å². The quantitative estimate of drug-likeness (QED) is 0.619. The molecule has 1 atom stereocenters. The molecule has 0 fully saturated rings. The summed E-state index contributed by atoms with van der Waals surface area (Å²) >= 11 is 0. The van der Waals surface area contributed by atoms with Crippen LogP contribution in [0.1, 0.15) is 87.6 Å². The van der Waals surface area contributed by atoms with E-state index in [2.05, 4.69) is 106 Å². The Labute approximate surface area is 175 Å². The fourth-order valence-corrected chi connectivity index (χ4v) is 2.44. The molecule has 1 rings (SSSR count). The third kappa shape index (κ3) is 14.7. The van der Waals surface area contributed by atoms with E-state index in [0.29, 0.717) is 11.8 Å². The summed E-state index contributed by atoms with van der Waals surface area (Å²) < 4.78 is 0. The highest BCUT2D eigenvalue weighted by Gasteiger charge is 2.28. The lowest BCUT2D eigenvalue weighted by atomic mass is 9.80. The third-order valence-corrected chi connectivity index (χ3v) is 4.86. The molecule has 164 valence electrons. The maximum Gasteiger partial charge on any atom is 0.245 e. The number of benzene rings is 1. The zero-order chi connectivity index (χ0) is 22.5. The van der Waals surface area contributed by atoms with Gasteiger partial charge in [0.1, 0.15) is 6.61 Å². The van der Waals surface area contributed by atoms with E-state index in [1.807, 2.05) is 6.07 Å². The van der Waals surface area contributed by atoms with Crippen molar-refractivity contribution in [3.05, 3.63) is 35.9 Å². The van der Waals surface area contributed by atoms with Gasteiger partial charge in [0.2, 0.25) is 5.91 Å². The minimum Gasteiger partial charge on any atom is -0.387 e. The van der Waals surface area contributed by atoms with Crippen LogP contribution in [0.3, 0.4) is 0 Å². The average molecular weight is 394 g/mol. The van der Waals surface area contributed by atoms with Crippen LogP contribution in [0.4, 0.5) is 0 Å². The maximum absolute atomic E-state index is 11.0. The average Bonchev–Trinajstić information content (AvgIpc) is 2.59. The Morgan fingerprint density at radius 1 is 0.857 bits per heavy atom. The van der Waals surface area contributed by atoms with Gasteiger partial charge < -0.3 is 10.4 Å². The summed E-state index contributed by atoms with van der Waals surface area (Å²) in [6.45, 7) is 23.3. The minimum absolute atomic E-state index is 0.0268. The highest BCUT2D eigenvalue weighted by Crippen LogP contribution is 2.24. The summed E-state index contributed by atoms with van der Waals surface area (Å²) in [5, 5.41) is 11.4. The van der Waals surface area contributed by atoms with Gasteiger partial charge in [0.15, 0.2) is 0 Å². The molecule has 2 N–H and O–H groups in total. The van der Waals surface area contributed by atoms with Crippen LogP contribution in [0, 0.1) is 23.2 Å². The molecule has 1 aromatic carbocycles. The Morgan fingerprint density at radius 2 is 1.29 bits per heavy atom. The van der Waals surface area contributed by atoms with Crippen LogP contribution in [0.5, 0.6) is 0 Å². The topological polar surface area (TPSA) is 49.3 Å². The van der Waals surface area contributed by atoms with Gasteiger partial charge in [-0.15, -0.1) is 0 Å². The molecular weight excluding hydrogens is 346 g/mol. The minimum atomic E-state index is -0.431. The second-order valence-electron chi connectivity index (χ2n) is 9.87. The molecule has 0 aromatic heterocycles. The fraction of sp³-hybridized carbons (Fsp3) is 0.720. The highest BCUT2D eigenvalue weighted by atomic mass is 16.3. The van der Waals surface area contributed by atoms with E-state index in [9.17, 15) is 4.79 Å². The summed E-state index contributed by atoms with van der Waals surface area (Å²) in [7, 11) is 0. The number of amides is 1. The van der Waals surface area contributed by atoms with Gasteiger partial charge in [0, 0.05) is 6.04 Å². The molecule has 0 aliphatic rings. The molecule has 1 amide bonds. The predicted molar refractivity (Wildman–Crippen MR) is 124 cm³/mol. The van der Waals surface area contributed by atoms with Crippen molar-refractivity contribution >= 4 is 5.91 Å². The first-order chi connectivity index (χ1) is 12.7. The largest absolute Gasteiger partial charge is 0.387 e. The molecule has 0 bridgehead atoms. The fourth-order valence-electron chi connectivity index (χ4n) is 2.44. The van der Waals surface area contributed by atoms with E-state index < -0.39 is 6.61 Å². The van der Waals surface area contributed by atoms with E-state index in [1.54, 1.807) is 0 Å². The van der Waals surface area contributed by atoms with Crippen LogP contribution in [0.15, 0.2) is 30.3 Å². The molecule has 0 heterocycles. The monoisotopic (exact) mass is 393 g/mol. The second-order valence-corrected chi connectivity index (χ2v) is 9.87. The summed E-state index contributed by atoms with van der Waals surface area (Å²) in [4.78, 5) is 11.0. The van der Waals surface area contributed by atoms with Gasteiger partial charge >= 0.3 is 0 Å². The summed E-state index contributed by atoms with van der Waals surface area (Å²) in [5.74, 6) is 2.44. The number of rotatable bonds is 5. The Kier molecular flexibility index (Phi) is 15.1. The lowest BCUT2D eigenvalue weighted by molar-refractivity contribution is -0.125. The number of carbonyl (C=O) groups excluding carboxylic acids is 1. The van der Waals surface area contributed by atoms with Crippen molar-refractivity contribution in [2.24, 2.45) is 23.2 Å². The van der Waals surface area contributed by atoms with Crippen LogP contribution >= 0.6 is 0 Å².